The molecule has 50 heavy (non-hydrogen) atoms. The van der Waals surface area contributed by atoms with Gasteiger partial charge in [0.2, 0.25) is 17.7 Å². The van der Waals surface area contributed by atoms with Crippen molar-refractivity contribution in [3.05, 3.63) is 73.8 Å². The highest BCUT2D eigenvalue weighted by molar-refractivity contribution is 8.02. The molecule has 266 valence electrons. The van der Waals surface area contributed by atoms with Gasteiger partial charge in [-0.3, -0.25) is 14.4 Å². The van der Waals surface area contributed by atoms with Crippen LogP contribution in [0.4, 0.5) is 5.69 Å². The summed E-state index contributed by atoms with van der Waals surface area (Å²) in [5, 5.41) is 19.3. The van der Waals surface area contributed by atoms with Crippen molar-refractivity contribution >= 4 is 46.2 Å². The largest absolute Gasteiger partial charge is 0.494 e. The van der Waals surface area contributed by atoms with Crippen LogP contribution < -0.4 is 9.64 Å². The van der Waals surface area contributed by atoms with E-state index in [2.05, 4.69) is 30.4 Å². The molecule has 1 aromatic heterocycles. The Bertz CT molecular complexity index is 1740. The maximum absolute atomic E-state index is 15.2. The number of carbonyl (C=O) groups is 3. The number of fused-ring (bicyclic) bond motifs is 2. The standard InChI is InChI=1S/C38H48N6O5S/c1-7-18-41(23-43-30-13-11-10-12-29(30)39-40-43)37(48)34-38-25(6)21-31(50-38)32(33(38)36(47)44(34)27(22-45)20-24(4)5)35(46)42(19-8-2)26-14-16-28(17-15-26)49-9-3/h7-8,10-17,24-25,27,31-34,45H,1-2,9,18-23H2,3-6H3/t25?,27-,31+,32-,33+,34?,38?/m1/s1. The van der Waals surface area contributed by atoms with Gasteiger partial charge in [-0.15, -0.1) is 30.0 Å². The molecule has 4 heterocycles. The van der Waals surface area contributed by atoms with Crippen LogP contribution in [-0.2, 0) is 21.1 Å². The quantitative estimate of drug-likeness (QED) is 0.225. The molecule has 0 saturated carbocycles. The highest BCUT2D eigenvalue weighted by Gasteiger charge is 2.77. The lowest BCUT2D eigenvalue weighted by Crippen LogP contribution is -2.59. The molecular formula is C38H48N6O5S. The zero-order valence-corrected chi connectivity index (χ0v) is 30.2. The molecule has 3 aliphatic heterocycles. The highest BCUT2D eigenvalue weighted by Crippen LogP contribution is 2.69. The summed E-state index contributed by atoms with van der Waals surface area (Å²) < 4.78 is 6.45. The molecule has 1 N–H and O–H groups in total. The molecular weight excluding hydrogens is 653 g/mol. The van der Waals surface area contributed by atoms with Gasteiger partial charge in [0.25, 0.3) is 0 Å². The van der Waals surface area contributed by atoms with Crippen molar-refractivity contribution in [2.45, 2.75) is 69.3 Å². The zero-order chi connectivity index (χ0) is 35.7. The van der Waals surface area contributed by atoms with Crippen molar-refractivity contribution in [2.75, 3.05) is 31.2 Å². The fraction of sp³-hybridized carbons (Fsp3) is 0.500. The molecule has 12 heteroatoms. The van der Waals surface area contributed by atoms with Crippen molar-refractivity contribution in [3.63, 3.8) is 0 Å². The Morgan fingerprint density at radius 2 is 1.84 bits per heavy atom. The number of aliphatic hydroxyl groups is 1. The number of anilines is 1. The van der Waals surface area contributed by atoms with E-state index in [1.807, 2.05) is 69.3 Å². The van der Waals surface area contributed by atoms with Crippen LogP contribution in [0.3, 0.4) is 0 Å². The smallest absolute Gasteiger partial charge is 0.248 e. The molecule has 11 nitrogen and oxygen atoms in total. The van der Waals surface area contributed by atoms with Gasteiger partial charge >= 0.3 is 0 Å². The predicted molar refractivity (Wildman–Crippen MR) is 195 cm³/mol. The number of thioether (sulfide) groups is 1. The first kappa shape index (κ1) is 35.7. The van der Waals surface area contributed by atoms with Gasteiger partial charge in [-0.05, 0) is 68.0 Å². The molecule has 2 bridgehead atoms. The van der Waals surface area contributed by atoms with Crippen LogP contribution in [0, 0.1) is 23.7 Å². The summed E-state index contributed by atoms with van der Waals surface area (Å²) in [6.07, 6.45) is 4.56. The van der Waals surface area contributed by atoms with Crippen LogP contribution in [-0.4, -0.2) is 96.0 Å². The number of aromatic nitrogens is 3. The molecule has 3 aromatic rings. The van der Waals surface area contributed by atoms with Crippen molar-refractivity contribution in [2.24, 2.45) is 23.7 Å². The van der Waals surface area contributed by atoms with Crippen molar-refractivity contribution in [1.29, 1.82) is 0 Å². The lowest BCUT2D eigenvalue weighted by atomic mass is 9.65. The first-order chi connectivity index (χ1) is 24.1. The minimum absolute atomic E-state index is 0.0380. The average Bonchev–Trinajstić information content (AvgIpc) is 3.83. The fourth-order valence-corrected chi connectivity index (χ4v) is 10.9. The number of nitrogens with zero attached hydrogens (tertiary/aromatic N) is 6. The Morgan fingerprint density at radius 3 is 2.50 bits per heavy atom. The van der Waals surface area contributed by atoms with Crippen LogP contribution in [0.2, 0.25) is 0 Å². The second-order valence-electron chi connectivity index (χ2n) is 14.0. The molecule has 3 saturated heterocycles. The number of likely N-dealkylation sites (tertiary alicyclic amines) is 1. The Labute approximate surface area is 298 Å². The summed E-state index contributed by atoms with van der Waals surface area (Å²) in [4.78, 5) is 50.0. The molecule has 0 radical (unpaired) electrons. The molecule has 3 amide bonds. The second-order valence-corrected chi connectivity index (χ2v) is 15.5. The number of ether oxygens (including phenoxy) is 1. The zero-order valence-electron chi connectivity index (χ0n) is 29.4. The van der Waals surface area contributed by atoms with E-state index in [0.717, 1.165) is 5.52 Å². The maximum atomic E-state index is 15.2. The van der Waals surface area contributed by atoms with E-state index < -0.39 is 28.7 Å². The summed E-state index contributed by atoms with van der Waals surface area (Å²) in [5.41, 5.74) is 2.18. The minimum Gasteiger partial charge on any atom is -0.494 e. The van der Waals surface area contributed by atoms with Gasteiger partial charge in [-0.2, -0.15) is 0 Å². The number of hydrogen-bond donors (Lipinski definition) is 1. The number of aliphatic hydroxyl groups excluding tert-OH is 1. The average molecular weight is 701 g/mol. The van der Waals surface area contributed by atoms with Gasteiger partial charge in [0.1, 0.15) is 24.0 Å². The Morgan fingerprint density at radius 1 is 1.12 bits per heavy atom. The number of benzene rings is 2. The molecule has 7 atom stereocenters. The van der Waals surface area contributed by atoms with Crippen LogP contribution >= 0.6 is 11.8 Å². The topological polar surface area (TPSA) is 121 Å². The second kappa shape index (κ2) is 14.6. The number of amides is 3. The normalized spacial score (nSPS) is 25.9. The first-order valence-electron chi connectivity index (χ1n) is 17.5. The maximum Gasteiger partial charge on any atom is 0.248 e. The van der Waals surface area contributed by atoms with E-state index in [9.17, 15) is 9.90 Å². The van der Waals surface area contributed by atoms with Crippen LogP contribution in [0.1, 0.15) is 40.5 Å². The minimum atomic E-state index is -0.897. The third kappa shape index (κ3) is 6.00. The lowest BCUT2D eigenvalue weighted by molar-refractivity contribution is -0.147. The third-order valence-corrected chi connectivity index (χ3v) is 12.5. The summed E-state index contributed by atoms with van der Waals surface area (Å²) in [6.45, 7) is 16.8. The monoisotopic (exact) mass is 700 g/mol. The molecule has 6 rings (SSSR count). The summed E-state index contributed by atoms with van der Waals surface area (Å²) in [7, 11) is 0. The van der Waals surface area contributed by atoms with Gasteiger partial charge in [-0.1, -0.05) is 50.3 Å². The number of para-hydroxylation sites is 1. The van der Waals surface area contributed by atoms with Crippen molar-refractivity contribution in [3.8, 4) is 5.75 Å². The van der Waals surface area contributed by atoms with Crippen LogP contribution in [0.15, 0.2) is 73.8 Å². The molecule has 0 aliphatic carbocycles. The third-order valence-electron chi connectivity index (χ3n) is 10.5. The Hall–Kier alpha value is -4.16. The van der Waals surface area contributed by atoms with Gasteiger partial charge in [0.15, 0.2) is 0 Å². The van der Waals surface area contributed by atoms with E-state index in [1.165, 1.54) is 0 Å². The number of hydrogen-bond acceptors (Lipinski definition) is 8. The van der Waals surface area contributed by atoms with Gasteiger partial charge in [0, 0.05) is 24.0 Å². The first-order valence-corrected chi connectivity index (χ1v) is 18.4. The van der Waals surface area contributed by atoms with E-state index >= 15 is 9.59 Å². The molecule has 3 aliphatic rings. The lowest BCUT2D eigenvalue weighted by Gasteiger charge is -2.42. The Balaban J connectivity index is 1.42. The summed E-state index contributed by atoms with van der Waals surface area (Å²) in [6, 6.07) is 13.4. The highest BCUT2D eigenvalue weighted by atomic mass is 32.2. The molecule has 3 unspecified atom stereocenters. The predicted octanol–water partition coefficient (Wildman–Crippen LogP) is 4.77. The van der Waals surface area contributed by atoms with Crippen LogP contribution in [0.5, 0.6) is 5.75 Å². The molecule has 3 fully saturated rings. The van der Waals surface area contributed by atoms with E-state index in [-0.39, 0.29) is 61.2 Å². The van der Waals surface area contributed by atoms with Crippen molar-refractivity contribution in [1.82, 2.24) is 24.8 Å². The Kier molecular flexibility index (Phi) is 10.4. The van der Waals surface area contributed by atoms with Gasteiger partial charge in [-0.25, -0.2) is 4.68 Å². The van der Waals surface area contributed by atoms with E-state index in [0.29, 0.717) is 36.4 Å². The van der Waals surface area contributed by atoms with Gasteiger partial charge < -0.3 is 24.5 Å². The fourth-order valence-electron chi connectivity index (χ4n) is 8.48. The van der Waals surface area contributed by atoms with Crippen molar-refractivity contribution < 1.29 is 24.2 Å². The van der Waals surface area contributed by atoms with E-state index in [4.69, 9.17) is 4.74 Å². The number of rotatable bonds is 15. The number of carbonyl (C=O) groups excluding carboxylic acids is 3. The SMILES string of the molecule is C=CCN(Cn1nnc2ccccc21)C(=O)C1N([C@@H](CO)CC(C)C)C(=O)[C@@H]2[C@H](C(=O)N(CC=C)c3ccc(OCC)cc3)[C@@H]3CC(C)C12S3. The summed E-state index contributed by atoms with van der Waals surface area (Å²) in [5.74, 6) is -1.21. The molecule has 1 spiro atoms. The van der Waals surface area contributed by atoms with E-state index in [1.54, 1.807) is 43.3 Å². The summed E-state index contributed by atoms with van der Waals surface area (Å²) >= 11 is 1.62. The van der Waals surface area contributed by atoms with Crippen LogP contribution in [0.25, 0.3) is 11.0 Å². The van der Waals surface area contributed by atoms with Gasteiger partial charge in [0.05, 0.1) is 41.4 Å². The molecule has 2 aromatic carbocycles.